The molecule has 0 aliphatic heterocycles. The molecule has 2 aromatic rings. The standard InChI is InChI=1S/C29H31N3O9/c1-32(2)18-10-14(12-31-28(39)41-16-6-4-3-5-7-16)23(34)21-17(18)9-13-8-15-11-19(33)22(27(30)38)26(37)29(15,40)25(36)20(13)24(21)35/h3-7,10,13,15,19,22,33-35,40H,8-9,11-12H2,1-2H3,(H2,30,38)(H,31,39)/t13-,15+,19?,22?,29+/m1/s1. The van der Waals surface area contributed by atoms with Crippen LogP contribution in [0.15, 0.2) is 42.0 Å². The maximum Gasteiger partial charge on any atom is 0.412 e. The second kappa shape index (κ2) is 10.2. The van der Waals surface area contributed by atoms with Gasteiger partial charge in [-0.3, -0.25) is 14.4 Å². The molecule has 0 saturated heterocycles. The van der Waals surface area contributed by atoms with E-state index in [0.717, 1.165) is 0 Å². The summed E-state index contributed by atoms with van der Waals surface area (Å²) < 4.78 is 5.22. The Morgan fingerprint density at radius 1 is 1.15 bits per heavy atom. The molecule has 216 valence electrons. The van der Waals surface area contributed by atoms with Crippen LogP contribution >= 0.6 is 0 Å². The fourth-order valence-electron chi connectivity index (χ4n) is 6.36. The van der Waals surface area contributed by atoms with Gasteiger partial charge >= 0.3 is 6.09 Å². The van der Waals surface area contributed by atoms with E-state index in [4.69, 9.17) is 10.5 Å². The Morgan fingerprint density at radius 2 is 1.83 bits per heavy atom. The van der Waals surface area contributed by atoms with E-state index in [1.165, 1.54) is 0 Å². The normalized spacial score (nSPS) is 26.9. The average molecular weight is 566 g/mol. The van der Waals surface area contributed by atoms with Gasteiger partial charge in [0.05, 0.1) is 11.7 Å². The van der Waals surface area contributed by atoms with E-state index >= 15 is 0 Å². The van der Waals surface area contributed by atoms with E-state index in [1.807, 2.05) is 0 Å². The number of aliphatic hydroxyl groups is 3. The fraction of sp³-hybridized carbons (Fsp3) is 0.379. The van der Waals surface area contributed by atoms with Crippen LogP contribution in [0.5, 0.6) is 11.5 Å². The van der Waals surface area contributed by atoms with Crippen LogP contribution in [-0.2, 0) is 27.3 Å². The molecule has 2 amide bonds. The molecule has 3 aliphatic rings. The average Bonchev–Trinajstić information content (AvgIpc) is 2.90. The first kappa shape index (κ1) is 28.1. The molecule has 0 heterocycles. The first-order valence-corrected chi connectivity index (χ1v) is 13.1. The smallest absolute Gasteiger partial charge is 0.412 e. The number of carbonyl (C=O) groups is 4. The SMILES string of the molecule is CN(C)c1cc(CNC(=O)Oc2ccccc2)c(O)c2c1C[C@H]1C[C@H]3CC(O)C(C(N)=O)C(=O)[C@@]3(O)C(=O)C1=C2O. The molecule has 0 aromatic heterocycles. The van der Waals surface area contributed by atoms with Crippen molar-refractivity contribution >= 4 is 35.0 Å². The number of fused-ring (bicyclic) bond motifs is 3. The van der Waals surface area contributed by atoms with Gasteiger partial charge in [-0.25, -0.2) is 4.79 Å². The number of ether oxygens (including phenoxy) is 1. The Balaban J connectivity index is 1.53. The molecule has 41 heavy (non-hydrogen) atoms. The number of phenolic OH excluding ortho intramolecular Hbond substituents is 1. The van der Waals surface area contributed by atoms with Gasteiger partial charge < -0.3 is 41.1 Å². The molecule has 3 aliphatic carbocycles. The summed E-state index contributed by atoms with van der Waals surface area (Å²) in [6.07, 6.45) is -2.17. The van der Waals surface area contributed by atoms with Gasteiger partial charge in [0.15, 0.2) is 11.4 Å². The summed E-state index contributed by atoms with van der Waals surface area (Å²) in [4.78, 5) is 52.9. The molecule has 5 atom stereocenters. The molecule has 0 bridgehead atoms. The summed E-state index contributed by atoms with van der Waals surface area (Å²) in [6.45, 7) is -0.186. The molecule has 2 unspecified atom stereocenters. The van der Waals surface area contributed by atoms with Crippen LogP contribution in [0.4, 0.5) is 10.5 Å². The second-order valence-electron chi connectivity index (χ2n) is 10.9. The Hall–Kier alpha value is -4.42. The van der Waals surface area contributed by atoms with Gasteiger partial charge in [-0.15, -0.1) is 0 Å². The van der Waals surface area contributed by atoms with Crippen LogP contribution in [0.25, 0.3) is 5.76 Å². The predicted molar refractivity (Wildman–Crippen MR) is 145 cm³/mol. The lowest BCUT2D eigenvalue weighted by molar-refractivity contribution is -0.174. The number of aromatic hydroxyl groups is 1. The minimum atomic E-state index is -2.66. The minimum Gasteiger partial charge on any atom is -0.507 e. The Bertz CT molecular complexity index is 1490. The number of hydrogen-bond donors (Lipinski definition) is 6. The maximum absolute atomic E-state index is 13.7. The molecule has 5 rings (SSSR count). The molecule has 2 fully saturated rings. The summed E-state index contributed by atoms with van der Waals surface area (Å²) >= 11 is 0. The minimum absolute atomic E-state index is 0.0548. The lowest BCUT2D eigenvalue weighted by Gasteiger charge is -2.48. The third-order valence-corrected chi connectivity index (χ3v) is 8.30. The number of nitrogens with zero attached hydrogens (tertiary/aromatic N) is 1. The summed E-state index contributed by atoms with van der Waals surface area (Å²) in [5, 5.41) is 47.1. The van der Waals surface area contributed by atoms with Gasteiger partial charge in [0.1, 0.15) is 23.2 Å². The van der Waals surface area contributed by atoms with Crippen molar-refractivity contribution in [3.05, 3.63) is 58.7 Å². The van der Waals surface area contributed by atoms with Gasteiger partial charge in [0.25, 0.3) is 0 Å². The predicted octanol–water partition coefficient (Wildman–Crippen LogP) is 0.944. The number of phenols is 1. The first-order valence-electron chi connectivity index (χ1n) is 13.1. The molecule has 2 saturated carbocycles. The highest BCUT2D eigenvalue weighted by atomic mass is 16.6. The third kappa shape index (κ3) is 4.49. The van der Waals surface area contributed by atoms with Crippen LogP contribution < -0.4 is 20.7 Å². The molecular formula is C29H31N3O9. The molecule has 0 radical (unpaired) electrons. The van der Waals surface area contributed by atoms with Crippen LogP contribution in [0, 0.1) is 17.8 Å². The van der Waals surface area contributed by atoms with E-state index < -0.39 is 64.5 Å². The van der Waals surface area contributed by atoms with Crippen molar-refractivity contribution in [2.45, 2.75) is 37.5 Å². The molecule has 0 spiro atoms. The second-order valence-corrected chi connectivity index (χ2v) is 10.9. The number of nitrogens with two attached hydrogens (primary N) is 1. The zero-order valence-corrected chi connectivity index (χ0v) is 22.5. The Labute approximate surface area is 235 Å². The Morgan fingerprint density at radius 3 is 2.46 bits per heavy atom. The quantitative estimate of drug-likeness (QED) is 0.284. The third-order valence-electron chi connectivity index (χ3n) is 8.30. The Kier molecular flexibility index (Phi) is 7.00. The van der Waals surface area contributed by atoms with Crippen molar-refractivity contribution in [2.24, 2.45) is 23.5 Å². The van der Waals surface area contributed by atoms with Gasteiger partial charge in [-0.05, 0) is 48.9 Å². The molecule has 12 nitrogen and oxygen atoms in total. The fourth-order valence-corrected chi connectivity index (χ4v) is 6.36. The highest BCUT2D eigenvalue weighted by Gasteiger charge is 2.64. The van der Waals surface area contributed by atoms with E-state index in [2.05, 4.69) is 5.32 Å². The van der Waals surface area contributed by atoms with Crippen molar-refractivity contribution < 1.29 is 44.3 Å². The van der Waals surface area contributed by atoms with Crippen LogP contribution in [-0.4, -0.2) is 69.8 Å². The first-order chi connectivity index (χ1) is 19.4. The number of primary amides is 1. The zero-order valence-electron chi connectivity index (χ0n) is 22.5. The van der Waals surface area contributed by atoms with Crippen molar-refractivity contribution in [1.82, 2.24) is 5.32 Å². The monoisotopic (exact) mass is 565 g/mol. The van der Waals surface area contributed by atoms with Crippen molar-refractivity contribution in [1.29, 1.82) is 0 Å². The maximum atomic E-state index is 13.7. The van der Waals surface area contributed by atoms with E-state index in [9.17, 15) is 39.6 Å². The highest BCUT2D eigenvalue weighted by molar-refractivity contribution is 6.24. The number of para-hydroxylation sites is 1. The number of rotatable bonds is 5. The number of Topliss-reactive ketones (excluding diaryl/α,β-unsaturated/α-hetero) is 2. The number of benzene rings is 2. The molecule has 7 N–H and O–H groups in total. The number of hydrogen-bond acceptors (Lipinski definition) is 10. The number of aliphatic hydroxyl groups excluding tert-OH is 2. The number of anilines is 1. The van der Waals surface area contributed by atoms with Gasteiger partial charge in [-0.2, -0.15) is 0 Å². The molecule has 2 aromatic carbocycles. The van der Waals surface area contributed by atoms with E-state index in [1.54, 1.807) is 55.4 Å². The summed E-state index contributed by atoms with van der Waals surface area (Å²) in [5.41, 5.74) is 3.70. The molecular weight excluding hydrogens is 534 g/mol. The lowest BCUT2D eigenvalue weighted by Crippen LogP contribution is -2.66. The van der Waals surface area contributed by atoms with Gasteiger partial charge in [0.2, 0.25) is 11.7 Å². The summed E-state index contributed by atoms with van der Waals surface area (Å²) in [5.74, 6) is -7.50. The number of amides is 2. The lowest BCUT2D eigenvalue weighted by atomic mass is 9.56. The topological polar surface area (TPSA) is 200 Å². The zero-order chi connectivity index (χ0) is 29.8. The number of nitrogens with one attached hydrogen (secondary N) is 1. The van der Waals surface area contributed by atoms with Gasteiger partial charge in [-0.1, -0.05) is 18.2 Å². The van der Waals surface area contributed by atoms with Crippen molar-refractivity contribution in [3.63, 3.8) is 0 Å². The van der Waals surface area contributed by atoms with Crippen LogP contribution in [0.3, 0.4) is 0 Å². The van der Waals surface area contributed by atoms with Crippen LogP contribution in [0.1, 0.15) is 29.5 Å². The van der Waals surface area contributed by atoms with Crippen molar-refractivity contribution in [2.75, 3.05) is 19.0 Å². The van der Waals surface area contributed by atoms with Crippen molar-refractivity contribution in [3.8, 4) is 11.5 Å². The number of carbonyl (C=O) groups excluding carboxylic acids is 4. The van der Waals surface area contributed by atoms with E-state index in [-0.39, 0.29) is 42.5 Å². The highest BCUT2D eigenvalue weighted by Crippen LogP contribution is 2.53. The summed E-state index contributed by atoms with van der Waals surface area (Å²) in [6, 6.07) is 10.0. The summed E-state index contributed by atoms with van der Waals surface area (Å²) in [7, 11) is 3.52. The molecule has 12 heteroatoms. The van der Waals surface area contributed by atoms with Gasteiger partial charge in [0, 0.05) is 43.4 Å². The largest absolute Gasteiger partial charge is 0.507 e. The number of ketones is 2. The van der Waals surface area contributed by atoms with E-state index in [0.29, 0.717) is 17.0 Å². The van der Waals surface area contributed by atoms with Crippen LogP contribution in [0.2, 0.25) is 0 Å².